The number of aromatic amines is 1. The number of benzene rings is 2. The molecule has 4 nitrogen and oxygen atoms in total. The molecule has 1 N–H and O–H groups in total. The summed E-state index contributed by atoms with van der Waals surface area (Å²) in [5.41, 5.74) is 1.06. The maximum Gasteiger partial charge on any atom is 0.272 e. The predicted octanol–water partition coefficient (Wildman–Crippen LogP) is 3.00. The number of H-pyrrole nitrogens is 1. The van der Waals surface area contributed by atoms with Gasteiger partial charge in [0.15, 0.2) is 10.9 Å². The first-order valence-electron chi connectivity index (χ1n) is 6.40. The Morgan fingerprint density at radius 1 is 1.10 bits per heavy atom. The molecule has 0 unspecified atom stereocenters. The molecule has 5 heteroatoms. The topological polar surface area (TPSA) is 62.8 Å². The summed E-state index contributed by atoms with van der Waals surface area (Å²) in [6, 6.07) is 14.3. The van der Waals surface area contributed by atoms with Crippen molar-refractivity contribution in [3.8, 4) is 0 Å². The van der Waals surface area contributed by atoms with E-state index in [0.717, 1.165) is 5.56 Å². The van der Waals surface area contributed by atoms with Gasteiger partial charge in [-0.05, 0) is 11.6 Å². The molecule has 1 heterocycles. The zero-order valence-corrected chi connectivity index (χ0v) is 11.7. The minimum atomic E-state index is -0.358. The Kier molecular flexibility index (Phi) is 3.54. The van der Waals surface area contributed by atoms with Crippen molar-refractivity contribution in [3.05, 3.63) is 75.2 Å². The summed E-state index contributed by atoms with van der Waals surface area (Å²) in [4.78, 5) is 24.1. The first-order chi connectivity index (χ1) is 10.1. The normalized spacial score (nSPS) is 10.7. The van der Waals surface area contributed by atoms with Crippen molar-refractivity contribution in [1.82, 2.24) is 10.2 Å². The smallest absolute Gasteiger partial charge is 0.272 e. The Morgan fingerprint density at radius 2 is 1.86 bits per heavy atom. The highest BCUT2D eigenvalue weighted by atomic mass is 35.5. The third-order valence-electron chi connectivity index (χ3n) is 3.27. The number of aromatic nitrogens is 2. The van der Waals surface area contributed by atoms with Crippen molar-refractivity contribution in [2.75, 3.05) is 0 Å². The molecule has 0 radical (unpaired) electrons. The first-order valence-corrected chi connectivity index (χ1v) is 6.78. The Balaban J connectivity index is 2.00. The maximum atomic E-state index is 12.3. The lowest BCUT2D eigenvalue weighted by atomic mass is 10.0. The molecule has 104 valence electrons. The fourth-order valence-electron chi connectivity index (χ4n) is 2.19. The van der Waals surface area contributed by atoms with Gasteiger partial charge in [-0.2, -0.15) is 5.10 Å². The van der Waals surface area contributed by atoms with Crippen molar-refractivity contribution in [1.29, 1.82) is 0 Å². The monoisotopic (exact) mass is 298 g/mol. The minimum absolute atomic E-state index is 0.0459. The van der Waals surface area contributed by atoms with Crippen LogP contribution >= 0.6 is 11.6 Å². The van der Waals surface area contributed by atoms with E-state index in [1.54, 1.807) is 18.2 Å². The van der Waals surface area contributed by atoms with Crippen LogP contribution in [0.4, 0.5) is 0 Å². The molecule has 0 saturated heterocycles. The van der Waals surface area contributed by atoms with E-state index >= 15 is 0 Å². The van der Waals surface area contributed by atoms with Gasteiger partial charge in [-0.25, -0.2) is 5.10 Å². The van der Waals surface area contributed by atoms with Gasteiger partial charge in [0.25, 0.3) is 5.56 Å². The van der Waals surface area contributed by atoms with Crippen LogP contribution in [0.2, 0.25) is 5.15 Å². The molecule has 0 bridgehead atoms. The van der Waals surface area contributed by atoms with E-state index in [2.05, 4.69) is 10.2 Å². The maximum absolute atomic E-state index is 12.3. The van der Waals surface area contributed by atoms with Crippen LogP contribution < -0.4 is 5.56 Å². The van der Waals surface area contributed by atoms with Crippen LogP contribution in [-0.4, -0.2) is 16.0 Å². The fourth-order valence-corrected chi connectivity index (χ4v) is 2.40. The third-order valence-corrected chi connectivity index (χ3v) is 3.56. The molecule has 1 aromatic heterocycles. The van der Waals surface area contributed by atoms with Gasteiger partial charge in [-0.15, -0.1) is 0 Å². The highest BCUT2D eigenvalue weighted by Crippen LogP contribution is 2.19. The number of carbonyl (C=O) groups is 1. The van der Waals surface area contributed by atoms with E-state index < -0.39 is 0 Å². The lowest BCUT2D eigenvalue weighted by Gasteiger charge is -2.04. The number of carbonyl (C=O) groups excluding carboxylic acids is 1. The molecule has 21 heavy (non-hydrogen) atoms. The molecule has 2 aromatic carbocycles. The summed E-state index contributed by atoms with van der Waals surface area (Å²) >= 11 is 5.92. The van der Waals surface area contributed by atoms with E-state index in [1.165, 1.54) is 0 Å². The number of ketones is 1. The number of hydrogen-bond acceptors (Lipinski definition) is 3. The van der Waals surface area contributed by atoms with E-state index in [-0.39, 0.29) is 16.5 Å². The second-order valence-electron chi connectivity index (χ2n) is 4.69. The summed E-state index contributed by atoms with van der Waals surface area (Å²) in [6.07, 6.45) is 0.295. The zero-order chi connectivity index (χ0) is 14.8. The second kappa shape index (κ2) is 5.50. The molecule has 3 rings (SSSR count). The van der Waals surface area contributed by atoms with E-state index in [0.29, 0.717) is 22.8 Å². The van der Waals surface area contributed by atoms with Gasteiger partial charge in [-0.1, -0.05) is 54.1 Å². The third kappa shape index (κ3) is 2.71. The van der Waals surface area contributed by atoms with Gasteiger partial charge < -0.3 is 0 Å². The summed E-state index contributed by atoms with van der Waals surface area (Å²) in [5.74, 6) is -0.0459. The summed E-state index contributed by atoms with van der Waals surface area (Å²) < 4.78 is 0. The highest BCUT2D eigenvalue weighted by Gasteiger charge is 2.11. The number of fused-ring (bicyclic) bond motifs is 1. The molecular weight excluding hydrogens is 288 g/mol. The first kappa shape index (κ1) is 13.5. The molecule has 0 aliphatic carbocycles. The summed E-state index contributed by atoms with van der Waals surface area (Å²) in [7, 11) is 0. The molecule has 0 aliphatic rings. The number of Topliss-reactive ketones (excluding diaryl/α,β-unsaturated/α-hetero) is 1. The van der Waals surface area contributed by atoms with Crippen LogP contribution in [0.3, 0.4) is 0 Å². The van der Waals surface area contributed by atoms with Gasteiger partial charge in [0.05, 0.1) is 5.39 Å². The van der Waals surface area contributed by atoms with Crippen molar-refractivity contribution in [2.24, 2.45) is 0 Å². The van der Waals surface area contributed by atoms with Crippen molar-refractivity contribution >= 4 is 28.2 Å². The van der Waals surface area contributed by atoms with Gasteiger partial charge in [0.2, 0.25) is 0 Å². The molecule has 0 saturated carbocycles. The van der Waals surface area contributed by atoms with Crippen molar-refractivity contribution in [3.63, 3.8) is 0 Å². The lowest BCUT2D eigenvalue weighted by Crippen LogP contribution is -2.10. The van der Waals surface area contributed by atoms with Crippen LogP contribution in [0.1, 0.15) is 15.9 Å². The SMILES string of the molecule is O=C(Cc1ccccc1)c1ccc2c(Cl)n[nH]c(=O)c2c1. The van der Waals surface area contributed by atoms with Crippen LogP contribution in [0.15, 0.2) is 53.3 Å². The second-order valence-corrected chi connectivity index (χ2v) is 5.05. The van der Waals surface area contributed by atoms with Crippen molar-refractivity contribution < 1.29 is 4.79 Å². The van der Waals surface area contributed by atoms with E-state index in [1.807, 2.05) is 30.3 Å². The van der Waals surface area contributed by atoms with Crippen LogP contribution in [0.5, 0.6) is 0 Å². The molecule has 0 fully saturated rings. The van der Waals surface area contributed by atoms with Gasteiger partial charge in [0, 0.05) is 17.4 Å². The van der Waals surface area contributed by atoms with Gasteiger partial charge in [-0.3, -0.25) is 9.59 Å². The van der Waals surface area contributed by atoms with Crippen LogP contribution in [0, 0.1) is 0 Å². The molecular formula is C16H11ClN2O2. The van der Waals surface area contributed by atoms with E-state index in [9.17, 15) is 9.59 Å². The van der Waals surface area contributed by atoms with Gasteiger partial charge in [0.1, 0.15) is 0 Å². The molecule has 0 amide bonds. The number of halogens is 1. The summed E-state index contributed by atoms with van der Waals surface area (Å²) in [6.45, 7) is 0. The number of nitrogens with one attached hydrogen (secondary N) is 1. The molecule has 0 aliphatic heterocycles. The Morgan fingerprint density at radius 3 is 2.62 bits per heavy atom. The molecule has 3 aromatic rings. The predicted molar refractivity (Wildman–Crippen MR) is 81.9 cm³/mol. The summed E-state index contributed by atoms with van der Waals surface area (Å²) in [5, 5.41) is 7.12. The average Bonchev–Trinajstić information content (AvgIpc) is 2.52. The van der Waals surface area contributed by atoms with Crippen LogP contribution in [-0.2, 0) is 6.42 Å². The number of nitrogens with zero attached hydrogens (tertiary/aromatic N) is 1. The Bertz CT molecular complexity index is 872. The largest absolute Gasteiger partial charge is 0.294 e. The van der Waals surface area contributed by atoms with Crippen LogP contribution in [0.25, 0.3) is 10.8 Å². The minimum Gasteiger partial charge on any atom is -0.294 e. The lowest BCUT2D eigenvalue weighted by molar-refractivity contribution is 0.0993. The molecule has 0 spiro atoms. The average molecular weight is 299 g/mol. The fraction of sp³-hybridized carbons (Fsp3) is 0.0625. The standard InChI is InChI=1S/C16H11ClN2O2/c17-15-12-7-6-11(9-13(12)16(21)19-18-15)14(20)8-10-4-2-1-3-5-10/h1-7,9H,8H2,(H,19,21). The Hall–Kier alpha value is -2.46. The molecule has 0 atom stereocenters. The van der Waals surface area contributed by atoms with E-state index in [4.69, 9.17) is 11.6 Å². The highest BCUT2D eigenvalue weighted by molar-refractivity contribution is 6.34. The van der Waals surface area contributed by atoms with Crippen molar-refractivity contribution in [2.45, 2.75) is 6.42 Å². The number of rotatable bonds is 3. The quantitative estimate of drug-likeness (QED) is 0.756. The number of hydrogen-bond donors (Lipinski definition) is 1. The Labute approximate surface area is 125 Å². The van der Waals surface area contributed by atoms with Gasteiger partial charge >= 0.3 is 0 Å². The zero-order valence-electron chi connectivity index (χ0n) is 11.0.